The standard InChI is InChI=1S/C23H32N4O2/c1-16(2)17-7-9-18(10-8-17)20-15-21-23(29)26(13-14-27(21)25-20)12-11-22(28)24-19-5-3-4-6-19/h7-10,13-14,16,19-21,25H,3-6,11-12,15H2,1-2H3,(H,24,28). The predicted octanol–water partition coefficient (Wildman–Crippen LogP) is 3.19. The van der Waals surface area contributed by atoms with Gasteiger partial charge in [-0.05, 0) is 36.3 Å². The van der Waals surface area contributed by atoms with E-state index >= 15 is 0 Å². The molecule has 2 amide bonds. The van der Waals surface area contributed by atoms with Crippen molar-refractivity contribution >= 4 is 11.8 Å². The summed E-state index contributed by atoms with van der Waals surface area (Å²) in [6.07, 6.45) is 9.35. The second-order valence-electron chi connectivity index (χ2n) is 8.79. The summed E-state index contributed by atoms with van der Waals surface area (Å²) < 4.78 is 0. The van der Waals surface area contributed by atoms with Gasteiger partial charge < -0.3 is 15.2 Å². The first-order valence-electron chi connectivity index (χ1n) is 10.9. The third kappa shape index (κ3) is 4.47. The molecule has 0 radical (unpaired) electrons. The molecule has 1 saturated heterocycles. The second kappa shape index (κ2) is 8.57. The molecule has 2 aliphatic heterocycles. The molecule has 0 spiro atoms. The Kier molecular flexibility index (Phi) is 5.90. The summed E-state index contributed by atoms with van der Waals surface area (Å²) in [5, 5.41) is 5.01. The molecule has 2 heterocycles. The lowest BCUT2D eigenvalue weighted by Gasteiger charge is -2.31. The average molecular weight is 397 g/mol. The van der Waals surface area contributed by atoms with E-state index in [9.17, 15) is 9.59 Å². The third-order valence-corrected chi connectivity index (χ3v) is 6.38. The summed E-state index contributed by atoms with van der Waals surface area (Å²) >= 11 is 0. The molecule has 1 aromatic rings. The van der Waals surface area contributed by atoms with Crippen molar-refractivity contribution in [2.45, 2.75) is 76.4 Å². The smallest absolute Gasteiger partial charge is 0.250 e. The van der Waals surface area contributed by atoms with Gasteiger partial charge in [0.15, 0.2) is 0 Å². The molecule has 3 aliphatic rings. The minimum atomic E-state index is -0.215. The molecule has 2 unspecified atom stereocenters. The van der Waals surface area contributed by atoms with E-state index in [1.807, 2.05) is 11.2 Å². The molecular weight excluding hydrogens is 364 g/mol. The van der Waals surface area contributed by atoms with E-state index in [1.165, 1.54) is 24.0 Å². The van der Waals surface area contributed by atoms with Crippen molar-refractivity contribution in [3.8, 4) is 0 Å². The fourth-order valence-electron chi connectivity index (χ4n) is 4.54. The van der Waals surface area contributed by atoms with Gasteiger partial charge in [-0.25, -0.2) is 5.43 Å². The van der Waals surface area contributed by atoms with E-state index < -0.39 is 0 Å². The molecule has 1 aromatic carbocycles. The Balaban J connectivity index is 1.31. The summed E-state index contributed by atoms with van der Waals surface area (Å²) in [5.41, 5.74) is 5.96. The van der Waals surface area contributed by atoms with Gasteiger partial charge in [0, 0.05) is 31.4 Å². The van der Waals surface area contributed by atoms with E-state index in [4.69, 9.17) is 0 Å². The maximum atomic E-state index is 12.9. The molecule has 1 saturated carbocycles. The van der Waals surface area contributed by atoms with Crippen LogP contribution in [0.15, 0.2) is 36.7 Å². The number of carbonyl (C=O) groups excluding carboxylic acids is 2. The van der Waals surface area contributed by atoms with Gasteiger partial charge in [0.1, 0.15) is 6.04 Å². The van der Waals surface area contributed by atoms with E-state index in [0.29, 0.717) is 24.9 Å². The average Bonchev–Trinajstić information content (AvgIpc) is 3.37. The zero-order valence-corrected chi connectivity index (χ0v) is 17.4. The maximum absolute atomic E-state index is 12.9. The van der Waals surface area contributed by atoms with Crippen molar-refractivity contribution in [3.63, 3.8) is 0 Å². The number of rotatable bonds is 6. The topological polar surface area (TPSA) is 64.7 Å². The lowest BCUT2D eigenvalue weighted by Crippen LogP contribution is -2.48. The number of fused-ring (bicyclic) bond motifs is 1. The van der Waals surface area contributed by atoms with E-state index in [2.05, 4.69) is 48.9 Å². The van der Waals surface area contributed by atoms with Crippen LogP contribution in [0.5, 0.6) is 0 Å². The molecule has 1 aliphatic carbocycles. The van der Waals surface area contributed by atoms with Crippen molar-refractivity contribution < 1.29 is 9.59 Å². The molecule has 6 nitrogen and oxygen atoms in total. The summed E-state index contributed by atoms with van der Waals surface area (Å²) in [6.45, 7) is 4.82. The minimum Gasteiger partial charge on any atom is -0.353 e. The molecule has 6 heteroatoms. The molecule has 0 bridgehead atoms. The molecule has 2 fully saturated rings. The lowest BCUT2D eigenvalue weighted by atomic mass is 9.97. The van der Waals surface area contributed by atoms with Crippen molar-refractivity contribution in [1.82, 2.24) is 20.7 Å². The molecule has 2 atom stereocenters. The number of benzene rings is 1. The number of nitrogens with zero attached hydrogens (tertiary/aromatic N) is 2. The number of carbonyl (C=O) groups is 2. The number of hydrogen-bond acceptors (Lipinski definition) is 4. The van der Waals surface area contributed by atoms with Gasteiger partial charge in [-0.2, -0.15) is 0 Å². The van der Waals surface area contributed by atoms with Crippen LogP contribution < -0.4 is 10.7 Å². The van der Waals surface area contributed by atoms with Crippen LogP contribution in [-0.2, 0) is 9.59 Å². The lowest BCUT2D eigenvalue weighted by molar-refractivity contribution is -0.134. The van der Waals surface area contributed by atoms with Gasteiger partial charge in [0.25, 0.3) is 5.91 Å². The van der Waals surface area contributed by atoms with Crippen molar-refractivity contribution in [1.29, 1.82) is 0 Å². The molecule has 2 N–H and O–H groups in total. The Morgan fingerprint density at radius 2 is 1.90 bits per heavy atom. The van der Waals surface area contributed by atoms with Crippen LogP contribution in [0.4, 0.5) is 0 Å². The first kappa shape index (κ1) is 20.0. The van der Waals surface area contributed by atoms with Crippen LogP contribution >= 0.6 is 0 Å². The maximum Gasteiger partial charge on any atom is 0.250 e. The highest BCUT2D eigenvalue weighted by Crippen LogP contribution is 2.31. The van der Waals surface area contributed by atoms with Crippen LogP contribution in [0.2, 0.25) is 0 Å². The van der Waals surface area contributed by atoms with Crippen molar-refractivity contribution in [2.75, 3.05) is 6.54 Å². The van der Waals surface area contributed by atoms with Gasteiger partial charge in [0.05, 0.1) is 6.04 Å². The van der Waals surface area contributed by atoms with Crippen molar-refractivity contribution in [3.05, 3.63) is 47.8 Å². The quantitative estimate of drug-likeness (QED) is 0.775. The first-order valence-corrected chi connectivity index (χ1v) is 10.9. The first-order chi connectivity index (χ1) is 14.0. The Labute approximate surface area is 173 Å². The highest BCUT2D eigenvalue weighted by Gasteiger charge is 2.39. The summed E-state index contributed by atoms with van der Waals surface area (Å²) in [5.74, 6) is 0.624. The summed E-state index contributed by atoms with van der Waals surface area (Å²) in [7, 11) is 0. The number of nitrogens with one attached hydrogen (secondary N) is 2. The van der Waals surface area contributed by atoms with Crippen LogP contribution in [-0.4, -0.2) is 40.4 Å². The van der Waals surface area contributed by atoms with Crippen LogP contribution in [0.1, 0.15) is 75.5 Å². The van der Waals surface area contributed by atoms with E-state index in [1.54, 1.807) is 11.1 Å². The molecule has 29 heavy (non-hydrogen) atoms. The minimum absolute atomic E-state index is 0.0493. The third-order valence-electron chi connectivity index (χ3n) is 6.38. The van der Waals surface area contributed by atoms with Crippen LogP contribution in [0.25, 0.3) is 0 Å². The molecule has 4 rings (SSSR count). The van der Waals surface area contributed by atoms with Crippen molar-refractivity contribution in [2.24, 2.45) is 0 Å². The number of amides is 2. The van der Waals surface area contributed by atoms with Gasteiger partial charge in [-0.1, -0.05) is 51.0 Å². The zero-order valence-electron chi connectivity index (χ0n) is 17.4. The van der Waals surface area contributed by atoms with Gasteiger partial charge in [-0.15, -0.1) is 0 Å². The second-order valence-corrected chi connectivity index (χ2v) is 8.79. The molecule has 0 aromatic heterocycles. The Morgan fingerprint density at radius 3 is 2.59 bits per heavy atom. The summed E-state index contributed by atoms with van der Waals surface area (Å²) in [6, 6.07) is 8.90. The van der Waals surface area contributed by atoms with Crippen LogP contribution in [0.3, 0.4) is 0 Å². The predicted molar refractivity (Wildman–Crippen MR) is 113 cm³/mol. The largest absolute Gasteiger partial charge is 0.353 e. The number of hydrazine groups is 1. The Bertz CT molecular complexity index is 768. The van der Waals surface area contributed by atoms with Crippen LogP contribution in [0, 0.1) is 0 Å². The van der Waals surface area contributed by atoms with E-state index in [-0.39, 0.29) is 23.9 Å². The van der Waals surface area contributed by atoms with E-state index in [0.717, 1.165) is 19.3 Å². The highest BCUT2D eigenvalue weighted by molar-refractivity contribution is 5.85. The molecule has 156 valence electrons. The van der Waals surface area contributed by atoms with Gasteiger partial charge in [-0.3, -0.25) is 9.59 Å². The zero-order chi connectivity index (χ0) is 20.4. The Hall–Kier alpha value is -2.34. The number of hydrogen-bond donors (Lipinski definition) is 2. The fraction of sp³-hybridized carbons (Fsp3) is 0.565. The SMILES string of the molecule is CC(C)c1ccc(C2CC3C(=O)N(CCC(=O)NC4CCCC4)C=CN3N2)cc1. The normalized spacial score (nSPS) is 24.4. The molecular formula is C23H32N4O2. The fourth-order valence-corrected chi connectivity index (χ4v) is 4.54. The monoisotopic (exact) mass is 396 g/mol. The van der Waals surface area contributed by atoms with Gasteiger partial charge >= 0.3 is 0 Å². The summed E-state index contributed by atoms with van der Waals surface area (Å²) in [4.78, 5) is 26.8. The van der Waals surface area contributed by atoms with Gasteiger partial charge in [0.2, 0.25) is 5.91 Å². The Morgan fingerprint density at radius 1 is 1.17 bits per heavy atom. The highest BCUT2D eigenvalue weighted by atomic mass is 16.2.